The van der Waals surface area contributed by atoms with Crippen molar-refractivity contribution in [3.05, 3.63) is 35.4 Å². The molecule has 3 aliphatic carbocycles. The third-order valence-electron chi connectivity index (χ3n) is 4.05. The van der Waals surface area contributed by atoms with E-state index in [1.54, 1.807) is 0 Å². The lowest BCUT2D eigenvalue weighted by Gasteiger charge is -2.65. The highest BCUT2D eigenvalue weighted by Crippen LogP contribution is 2.62. The van der Waals surface area contributed by atoms with Crippen molar-refractivity contribution in [1.29, 1.82) is 0 Å². The summed E-state index contributed by atoms with van der Waals surface area (Å²) in [4.78, 5) is 11.7. The summed E-state index contributed by atoms with van der Waals surface area (Å²) in [5, 5.41) is 5.19. The molecule has 0 aromatic heterocycles. The van der Waals surface area contributed by atoms with Crippen LogP contribution in [0.25, 0.3) is 0 Å². The summed E-state index contributed by atoms with van der Waals surface area (Å²) >= 11 is 0. The Bertz CT molecular complexity index is 565. The fourth-order valence-corrected chi connectivity index (χ4v) is 3.12. The van der Waals surface area contributed by atoms with Gasteiger partial charge in [0.1, 0.15) is 5.67 Å². The van der Waals surface area contributed by atoms with Crippen LogP contribution in [0.1, 0.15) is 30.4 Å². The summed E-state index contributed by atoms with van der Waals surface area (Å²) in [6.45, 7) is -0.00734. The van der Waals surface area contributed by atoms with E-state index >= 15 is 0 Å². The molecule has 21 heavy (non-hydrogen) atoms. The van der Waals surface area contributed by atoms with Gasteiger partial charge in [0, 0.05) is 25.8 Å². The minimum Gasteiger partial charge on any atom is -0.334 e. The average molecular weight is 302 g/mol. The monoisotopic (exact) mass is 302 g/mol. The third kappa shape index (κ3) is 2.69. The Morgan fingerprint density at radius 3 is 2.48 bits per heavy atom. The van der Waals surface area contributed by atoms with E-state index in [0.717, 1.165) is 12.1 Å². The Morgan fingerprint density at radius 1 is 1.24 bits per heavy atom. The lowest BCUT2D eigenvalue weighted by Crippen LogP contribution is -2.77. The Morgan fingerprint density at radius 2 is 1.90 bits per heavy atom. The normalized spacial score (nSPS) is 30.1. The second kappa shape index (κ2) is 4.35. The first-order valence-corrected chi connectivity index (χ1v) is 6.61. The molecule has 3 fully saturated rings. The van der Waals surface area contributed by atoms with Gasteiger partial charge in [0.15, 0.2) is 0 Å². The maximum Gasteiger partial charge on any atom is 0.416 e. The fourth-order valence-electron chi connectivity index (χ4n) is 3.12. The van der Waals surface area contributed by atoms with Crippen LogP contribution < -0.4 is 10.6 Å². The van der Waals surface area contributed by atoms with Crippen molar-refractivity contribution in [3.63, 3.8) is 0 Å². The van der Waals surface area contributed by atoms with Gasteiger partial charge >= 0.3 is 12.2 Å². The van der Waals surface area contributed by atoms with Crippen molar-refractivity contribution in [2.75, 3.05) is 0 Å². The smallest absolute Gasteiger partial charge is 0.334 e. The third-order valence-corrected chi connectivity index (χ3v) is 4.05. The van der Waals surface area contributed by atoms with Crippen LogP contribution in [-0.2, 0) is 12.7 Å². The molecule has 0 radical (unpaired) electrons. The molecule has 0 saturated heterocycles. The zero-order valence-electron chi connectivity index (χ0n) is 11.1. The number of carbonyl (C=O) groups is 1. The van der Waals surface area contributed by atoms with E-state index in [4.69, 9.17) is 0 Å². The van der Waals surface area contributed by atoms with Gasteiger partial charge in [0.2, 0.25) is 0 Å². The molecule has 0 heterocycles. The van der Waals surface area contributed by atoms with Crippen molar-refractivity contribution in [3.8, 4) is 0 Å². The molecule has 1 aromatic carbocycles. The minimum absolute atomic E-state index is 0.00734. The first-order chi connectivity index (χ1) is 9.70. The molecule has 114 valence electrons. The van der Waals surface area contributed by atoms with Crippen molar-refractivity contribution in [2.24, 2.45) is 0 Å². The molecule has 4 rings (SSSR count). The second-order valence-electron chi connectivity index (χ2n) is 5.97. The van der Waals surface area contributed by atoms with Gasteiger partial charge in [-0.2, -0.15) is 13.2 Å². The number of carbonyl (C=O) groups excluding carboxylic acids is 1. The van der Waals surface area contributed by atoms with Crippen LogP contribution in [-0.4, -0.2) is 17.2 Å². The number of hydrogen-bond donors (Lipinski definition) is 2. The molecule has 0 unspecified atom stereocenters. The Labute approximate surface area is 118 Å². The summed E-state index contributed by atoms with van der Waals surface area (Å²) in [5.74, 6) is 0. The first-order valence-electron chi connectivity index (χ1n) is 6.61. The highest BCUT2D eigenvalue weighted by Gasteiger charge is 2.69. The predicted molar refractivity (Wildman–Crippen MR) is 67.2 cm³/mol. The van der Waals surface area contributed by atoms with Crippen LogP contribution in [0, 0.1) is 0 Å². The lowest BCUT2D eigenvalue weighted by molar-refractivity contribution is -0.162. The molecular weight excluding hydrogens is 288 g/mol. The molecule has 2 amide bonds. The van der Waals surface area contributed by atoms with E-state index in [1.165, 1.54) is 12.1 Å². The molecular formula is C14H14F4N2O. The van der Waals surface area contributed by atoms with Gasteiger partial charge in [-0.3, -0.25) is 0 Å². The molecule has 3 nitrogen and oxygen atoms in total. The SMILES string of the molecule is O=C(NCc1cccc(C(F)(F)F)c1)NC12CC(F)(C1)C2. The van der Waals surface area contributed by atoms with Crippen LogP contribution in [0.3, 0.4) is 0 Å². The number of nitrogens with one attached hydrogen (secondary N) is 2. The number of benzene rings is 1. The Hall–Kier alpha value is -1.79. The van der Waals surface area contributed by atoms with Crippen LogP contribution in [0.5, 0.6) is 0 Å². The maximum absolute atomic E-state index is 13.3. The van der Waals surface area contributed by atoms with E-state index < -0.39 is 29.0 Å². The first kappa shape index (κ1) is 14.2. The van der Waals surface area contributed by atoms with Crippen molar-refractivity contribution in [1.82, 2.24) is 10.6 Å². The minimum atomic E-state index is -4.40. The number of hydrogen-bond acceptors (Lipinski definition) is 1. The van der Waals surface area contributed by atoms with E-state index in [1.807, 2.05) is 0 Å². The van der Waals surface area contributed by atoms with Crippen molar-refractivity contribution in [2.45, 2.75) is 43.2 Å². The topological polar surface area (TPSA) is 41.1 Å². The molecule has 1 aromatic rings. The Kier molecular flexibility index (Phi) is 2.93. The summed E-state index contributed by atoms with van der Waals surface area (Å²) in [7, 11) is 0. The quantitative estimate of drug-likeness (QED) is 0.827. The zero-order chi connectivity index (χ0) is 15.3. The zero-order valence-corrected chi connectivity index (χ0v) is 11.1. The molecule has 3 aliphatic rings. The van der Waals surface area contributed by atoms with E-state index in [9.17, 15) is 22.4 Å². The van der Waals surface area contributed by atoms with E-state index in [0.29, 0.717) is 24.8 Å². The van der Waals surface area contributed by atoms with Gasteiger partial charge in [-0.15, -0.1) is 0 Å². The maximum atomic E-state index is 13.3. The van der Waals surface area contributed by atoms with Gasteiger partial charge in [0.05, 0.1) is 11.1 Å². The largest absolute Gasteiger partial charge is 0.416 e. The summed E-state index contributed by atoms with van der Waals surface area (Å²) in [6, 6.07) is 4.30. The molecule has 0 atom stereocenters. The highest BCUT2D eigenvalue weighted by molar-refractivity contribution is 5.75. The predicted octanol–water partition coefficient (Wildman–Crippen LogP) is 3.15. The van der Waals surface area contributed by atoms with Gasteiger partial charge in [-0.25, -0.2) is 9.18 Å². The molecule has 2 N–H and O–H groups in total. The summed E-state index contributed by atoms with van der Waals surface area (Å²) in [5.41, 5.74) is -1.93. The van der Waals surface area contributed by atoms with Crippen LogP contribution in [0.4, 0.5) is 22.4 Å². The average Bonchev–Trinajstić information content (AvgIpc) is 2.32. The summed E-state index contributed by atoms with van der Waals surface area (Å²) < 4.78 is 50.9. The number of rotatable bonds is 3. The van der Waals surface area contributed by atoms with E-state index in [-0.39, 0.29) is 6.54 Å². The van der Waals surface area contributed by atoms with E-state index in [2.05, 4.69) is 10.6 Å². The van der Waals surface area contributed by atoms with Gasteiger partial charge in [-0.1, -0.05) is 12.1 Å². The van der Waals surface area contributed by atoms with Crippen LogP contribution >= 0.6 is 0 Å². The number of urea groups is 1. The number of halogens is 4. The fraction of sp³-hybridized carbons (Fsp3) is 0.500. The second-order valence-corrected chi connectivity index (χ2v) is 5.97. The van der Waals surface area contributed by atoms with Crippen LogP contribution in [0.15, 0.2) is 24.3 Å². The standard InChI is InChI=1S/C14H14F4N2O/c15-12-6-13(7-12,8-12)20-11(21)19-5-9-2-1-3-10(4-9)14(16,17)18/h1-4H,5-8H2,(H2,19,20,21). The lowest BCUT2D eigenvalue weighted by atomic mass is 9.47. The molecule has 0 aliphatic heterocycles. The Balaban J connectivity index is 1.52. The molecule has 0 spiro atoms. The van der Waals surface area contributed by atoms with Crippen molar-refractivity contribution >= 4 is 6.03 Å². The highest BCUT2D eigenvalue weighted by atomic mass is 19.4. The molecule has 2 bridgehead atoms. The number of amides is 2. The molecule has 7 heteroatoms. The number of alkyl halides is 4. The molecule has 3 saturated carbocycles. The van der Waals surface area contributed by atoms with Crippen LogP contribution in [0.2, 0.25) is 0 Å². The van der Waals surface area contributed by atoms with Gasteiger partial charge in [0.25, 0.3) is 0 Å². The van der Waals surface area contributed by atoms with Gasteiger partial charge in [-0.05, 0) is 17.7 Å². The summed E-state index contributed by atoms with van der Waals surface area (Å²) in [6.07, 6.45) is -3.41. The van der Waals surface area contributed by atoms with Gasteiger partial charge < -0.3 is 10.6 Å². The van der Waals surface area contributed by atoms with Crippen molar-refractivity contribution < 1.29 is 22.4 Å².